The van der Waals surface area contributed by atoms with E-state index in [1.807, 2.05) is 18.2 Å². The van der Waals surface area contributed by atoms with Crippen molar-refractivity contribution >= 4 is 0 Å². The normalized spacial score (nSPS) is 17.0. The highest BCUT2D eigenvalue weighted by molar-refractivity contribution is 5.40. The van der Waals surface area contributed by atoms with Crippen LogP contribution in [0.3, 0.4) is 0 Å². The van der Waals surface area contributed by atoms with Crippen molar-refractivity contribution in [1.29, 1.82) is 0 Å². The molecule has 4 nitrogen and oxygen atoms in total. The number of benzene rings is 1. The van der Waals surface area contributed by atoms with E-state index in [2.05, 4.69) is 24.1 Å². The summed E-state index contributed by atoms with van der Waals surface area (Å²) in [4.78, 5) is 2.63. The Balaban J connectivity index is 1.93. The van der Waals surface area contributed by atoms with Crippen LogP contribution in [0.4, 0.5) is 0 Å². The van der Waals surface area contributed by atoms with Crippen LogP contribution in [-0.4, -0.2) is 44.8 Å². The Bertz CT molecular complexity index is 456. The third-order valence-electron chi connectivity index (χ3n) is 4.54. The summed E-state index contributed by atoms with van der Waals surface area (Å²) in [5, 5.41) is 3.61. The molecule has 22 heavy (non-hydrogen) atoms. The summed E-state index contributed by atoms with van der Waals surface area (Å²) in [5.41, 5.74) is 1.14. The molecule has 0 aromatic heterocycles. The average molecular weight is 306 g/mol. The van der Waals surface area contributed by atoms with Gasteiger partial charge in [0, 0.05) is 24.7 Å². The average Bonchev–Trinajstić information content (AvgIpc) is 3.04. The number of methoxy groups -OCH3 is 2. The molecular formula is C18H30N2O2. The van der Waals surface area contributed by atoms with E-state index in [9.17, 15) is 0 Å². The lowest BCUT2D eigenvalue weighted by Crippen LogP contribution is -2.44. The molecule has 0 bridgehead atoms. The first kappa shape index (κ1) is 17.1. The van der Waals surface area contributed by atoms with Crippen molar-refractivity contribution in [2.75, 3.05) is 33.9 Å². The highest BCUT2D eigenvalue weighted by Crippen LogP contribution is 2.24. The number of rotatable bonds is 8. The maximum atomic E-state index is 5.44. The van der Waals surface area contributed by atoms with E-state index >= 15 is 0 Å². The van der Waals surface area contributed by atoms with E-state index in [0.29, 0.717) is 12.0 Å². The molecule has 1 unspecified atom stereocenters. The highest BCUT2D eigenvalue weighted by Gasteiger charge is 2.24. The molecule has 4 heteroatoms. The molecule has 1 heterocycles. The number of nitrogens with one attached hydrogen (secondary N) is 1. The standard InChI is InChI=1S/C18H30N2O2/c1-14(2)17(20-9-5-6-10-20)13-19-12-15-11-16(21-3)7-8-18(15)22-4/h7-8,11,14,17,19H,5-6,9-10,12-13H2,1-4H3. The van der Waals surface area contributed by atoms with E-state index < -0.39 is 0 Å². The zero-order valence-electron chi connectivity index (χ0n) is 14.4. The van der Waals surface area contributed by atoms with Gasteiger partial charge in [-0.1, -0.05) is 13.8 Å². The largest absolute Gasteiger partial charge is 0.497 e. The van der Waals surface area contributed by atoms with Gasteiger partial charge < -0.3 is 14.8 Å². The van der Waals surface area contributed by atoms with Crippen molar-refractivity contribution in [3.8, 4) is 11.5 Å². The fraction of sp³-hybridized carbons (Fsp3) is 0.667. The molecule has 1 atom stereocenters. The minimum Gasteiger partial charge on any atom is -0.497 e. The van der Waals surface area contributed by atoms with E-state index in [-0.39, 0.29) is 0 Å². The molecule has 1 N–H and O–H groups in total. The highest BCUT2D eigenvalue weighted by atomic mass is 16.5. The van der Waals surface area contributed by atoms with Crippen LogP contribution in [0.15, 0.2) is 18.2 Å². The predicted molar refractivity (Wildman–Crippen MR) is 90.7 cm³/mol. The summed E-state index contributed by atoms with van der Waals surface area (Å²) in [6.45, 7) is 8.93. The molecule has 1 aromatic rings. The molecule has 1 aromatic carbocycles. The van der Waals surface area contributed by atoms with E-state index in [1.54, 1.807) is 14.2 Å². The first-order valence-corrected chi connectivity index (χ1v) is 8.31. The number of hydrogen-bond donors (Lipinski definition) is 1. The van der Waals surface area contributed by atoms with Gasteiger partial charge in [-0.25, -0.2) is 0 Å². The van der Waals surface area contributed by atoms with E-state index in [4.69, 9.17) is 9.47 Å². The molecule has 1 saturated heterocycles. The monoisotopic (exact) mass is 306 g/mol. The Hall–Kier alpha value is -1.26. The second kappa shape index (κ2) is 8.39. The smallest absolute Gasteiger partial charge is 0.123 e. The lowest BCUT2D eigenvalue weighted by Gasteiger charge is -2.31. The van der Waals surface area contributed by atoms with Crippen molar-refractivity contribution in [3.05, 3.63) is 23.8 Å². The minimum atomic E-state index is 0.610. The van der Waals surface area contributed by atoms with Crippen LogP contribution in [0.25, 0.3) is 0 Å². The lowest BCUT2D eigenvalue weighted by molar-refractivity contribution is 0.186. The van der Waals surface area contributed by atoms with Crippen molar-refractivity contribution < 1.29 is 9.47 Å². The van der Waals surface area contributed by atoms with Gasteiger partial charge >= 0.3 is 0 Å². The Morgan fingerprint density at radius 2 is 1.86 bits per heavy atom. The molecule has 0 saturated carbocycles. The number of ether oxygens (including phenoxy) is 2. The summed E-state index contributed by atoms with van der Waals surface area (Å²) in [7, 11) is 3.41. The Morgan fingerprint density at radius 1 is 1.14 bits per heavy atom. The molecule has 124 valence electrons. The van der Waals surface area contributed by atoms with Crippen LogP contribution in [0.5, 0.6) is 11.5 Å². The molecular weight excluding hydrogens is 276 g/mol. The molecule has 0 radical (unpaired) electrons. The zero-order valence-corrected chi connectivity index (χ0v) is 14.4. The van der Waals surface area contributed by atoms with Crippen LogP contribution >= 0.6 is 0 Å². The van der Waals surface area contributed by atoms with Crippen LogP contribution in [-0.2, 0) is 6.54 Å². The molecule has 0 aliphatic carbocycles. The van der Waals surface area contributed by atoms with Crippen LogP contribution in [0.2, 0.25) is 0 Å². The third-order valence-corrected chi connectivity index (χ3v) is 4.54. The Morgan fingerprint density at radius 3 is 2.45 bits per heavy atom. The fourth-order valence-corrected chi connectivity index (χ4v) is 3.23. The van der Waals surface area contributed by atoms with Crippen molar-refractivity contribution in [2.45, 2.75) is 39.3 Å². The van der Waals surface area contributed by atoms with Crippen LogP contribution in [0.1, 0.15) is 32.3 Å². The number of likely N-dealkylation sites (tertiary alicyclic amines) is 1. The summed E-state index contributed by atoms with van der Waals surface area (Å²) in [6.07, 6.45) is 2.68. The Kier molecular flexibility index (Phi) is 6.52. The van der Waals surface area contributed by atoms with Gasteiger partial charge in [-0.15, -0.1) is 0 Å². The number of nitrogens with zero attached hydrogens (tertiary/aromatic N) is 1. The van der Waals surface area contributed by atoms with Crippen molar-refractivity contribution in [3.63, 3.8) is 0 Å². The SMILES string of the molecule is COc1ccc(OC)c(CNCC(C(C)C)N2CCCC2)c1. The molecule has 2 rings (SSSR count). The van der Waals surface area contributed by atoms with Crippen LogP contribution < -0.4 is 14.8 Å². The van der Waals surface area contributed by atoms with Gasteiger partial charge in [0.1, 0.15) is 11.5 Å². The van der Waals surface area contributed by atoms with Gasteiger partial charge in [0.25, 0.3) is 0 Å². The van der Waals surface area contributed by atoms with Gasteiger partial charge in [-0.05, 0) is 50.0 Å². The molecule has 1 aliphatic heterocycles. The second-order valence-electron chi connectivity index (χ2n) is 6.36. The first-order valence-electron chi connectivity index (χ1n) is 8.31. The summed E-state index contributed by atoms with van der Waals surface area (Å²) in [5.74, 6) is 2.45. The molecule has 1 fully saturated rings. The van der Waals surface area contributed by atoms with Gasteiger partial charge in [0.15, 0.2) is 0 Å². The van der Waals surface area contributed by atoms with Crippen molar-refractivity contribution in [2.24, 2.45) is 5.92 Å². The fourth-order valence-electron chi connectivity index (χ4n) is 3.23. The van der Waals surface area contributed by atoms with Gasteiger partial charge in [0.2, 0.25) is 0 Å². The Labute approximate surface area is 134 Å². The molecule has 1 aliphatic rings. The molecule has 0 amide bonds. The predicted octanol–water partition coefficient (Wildman–Crippen LogP) is 2.91. The van der Waals surface area contributed by atoms with Crippen molar-refractivity contribution in [1.82, 2.24) is 10.2 Å². The topological polar surface area (TPSA) is 33.7 Å². The maximum absolute atomic E-state index is 5.44. The summed E-state index contributed by atoms with van der Waals surface area (Å²) >= 11 is 0. The van der Waals surface area contributed by atoms with E-state index in [1.165, 1.54) is 25.9 Å². The molecule has 0 spiro atoms. The lowest BCUT2D eigenvalue weighted by atomic mass is 10.0. The second-order valence-corrected chi connectivity index (χ2v) is 6.36. The van der Waals surface area contributed by atoms with Gasteiger partial charge in [-0.3, -0.25) is 4.90 Å². The summed E-state index contributed by atoms with van der Waals surface area (Å²) in [6, 6.07) is 6.56. The van der Waals surface area contributed by atoms with Gasteiger partial charge in [-0.2, -0.15) is 0 Å². The first-order chi connectivity index (χ1) is 10.7. The summed E-state index contributed by atoms with van der Waals surface area (Å²) < 4.78 is 10.8. The quantitative estimate of drug-likeness (QED) is 0.801. The third kappa shape index (κ3) is 4.37. The van der Waals surface area contributed by atoms with Crippen LogP contribution in [0, 0.1) is 5.92 Å². The van der Waals surface area contributed by atoms with E-state index in [0.717, 1.165) is 30.2 Å². The van der Waals surface area contributed by atoms with Gasteiger partial charge in [0.05, 0.1) is 14.2 Å². The number of hydrogen-bond acceptors (Lipinski definition) is 4. The zero-order chi connectivity index (χ0) is 15.9. The maximum Gasteiger partial charge on any atom is 0.123 e. The minimum absolute atomic E-state index is 0.610.